The molecule has 0 heterocycles. The van der Waals surface area contributed by atoms with Crippen LogP contribution in [0.15, 0.2) is 97.2 Å². The average Bonchev–Trinajstić information content (AvgIpc) is 3.20. The van der Waals surface area contributed by atoms with Crippen molar-refractivity contribution < 1.29 is 47.8 Å². The van der Waals surface area contributed by atoms with Crippen molar-refractivity contribution in [3.05, 3.63) is 97.2 Å². The molecule has 0 aromatic rings. The Bertz CT molecular complexity index is 1260. The Kier molecular flexibility index (Phi) is 38.8. The fraction of sp³-hybridized carbons (Fsp3) is 0.609. The quantitative estimate of drug-likeness (QED) is 0.0238. The Morgan fingerprint density at radius 1 is 0.544 bits per heavy atom. The summed E-state index contributed by atoms with van der Waals surface area (Å²) in [7, 11) is -4.65. The number of allylic oxidation sites excluding steroid dienone is 16. The highest BCUT2D eigenvalue weighted by Gasteiger charge is 2.27. The Morgan fingerprint density at radius 3 is 1.53 bits per heavy atom. The molecule has 0 rings (SSSR count). The molecular weight excluding hydrogens is 743 g/mol. The van der Waals surface area contributed by atoms with Crippen molar-refractivity contribution >= 4 is 19.8 Å². The predicted octanol–water partition coefficient (Wildman–Crippen LogP) is 11.2. The molecule has 11 heteroatoms. The fourth-order valence-electron chi connectivity index (χ4n) is 4.99. The van der Waals surface area contributed by atoms with Crippen molar-refractivity contribution in [1.82, 2.24) is 0 Å². The van der Waals surface area contributed by atoms with Gasteiger partial charge in [0, 0.05) is 12.8 Å². The number of aliphatic hydroxyl groups is 2. The summed E-state index contributed by atoms with van der Waals surface area (Å²) in [5.41, 5.74) is 0. The molecule has 10 nitrogen and oxygen atoms in total. The zero-order chi connectivity index (χ0) is 41.9. The molecule has 1 unspecified atom stereocenters. The lowest BCUT2D eigenvalue weighted by atomic mass is 10.1. The minimum Gasteiger partial charge on any atom is -0.462 e. The first-order valence-electron chi connectivity index (χ1n) is 21.2. The molecule has 0 aliphatic rings. The van der Waals surface area contributed by atoms with Gasteiger partial charge in [0.15, 0.2) is 6.10 Å². The third-order valence-corrected chi connectivity index (χ3v) is 9.19. The van der Waals surface area contributed by atoms with E-state index in [1.807, 2.05) is 12.2 Å². The molecule has 57 heavy (non-hydrogen) atoms. The summed E-state index contributed by atoms with van der Waals surface area (Å²) < 4.78 is 32.6. The molecule has 0 spiro atoms. The van der Waals surface area contributed by atoms with Crippen LogP contribution in [0, 0.1) is 0 Å². The van der Waals surface area contributed by atoms with E-state index in [4.69, 9.17) is 19.1 Å². The van der Waals surface area contributed by atoms with Crippen LogP contribution >= 0.6 is 7.82 Å². The standard InChI is InChI=1S/C46H75O10P/c1-3-5-7-9-11-13-15-17-19-20-21-22-24-26-28-30-32-34-36-38-46(50)56-44(42-55-57(51,52)54-40-43(48)39-47)41-53-45(49)37-35-33-31-29-27-25-23-18-16-14-12-10-8-6-4-2/h5,7,11-14,17-19,21-23,26,28,32,34,43-44,47-48H,3-4,6,8-10,15-16,20,24-25,27,29-31,33,35-42H2,1-2H3,(H,51,52)/b7-5+,13-11+,14-12+,19-17+,22-21+,23-18+,28-26+,34-32+/t43-,44+/m0/s1. The van der Waals surface area contributed by atoms with Crippen LogP contribution < -0.4 is 0 Å². The van der Waals surface area contributed by atoms with Crippen molar-refractivity contribution in [3.8, 4) is 0 Å². The molecule has 0 aliphatic heterocycles. The molecule has 0 aliphatic carbocycles. The van der Waals surface area contributed by atoms with Gasteiger partial charge in [0.25, 0.3) is 0 Å². The third-order valence-electron chi connectivity index (χ3n) is 8.24. The van der Waals surface area contributed by atoms with Crippen LogP contribution in [0.2, 0.25) is 0 Å². The van der Waals surface area contributed by atoms with Crippen LogP contribution in [0.4, 0.5) is 0 Å². The predicted molar refractivity (Wildman–Crippen MR) is 232 cm³/mol. The first kappa shape index (κ1) is 53.9. The number of unbranched alkanes of at least 4 members (excludes halogenated alkanes) is 8. The minimum absolute atomic E-state index is 0.0502. The number of phosphoric acid groups is 1. The average molecular weight is 819 g/mol. The van der Waals surface area contributed by atoms with Gasteiger partial charge >= 0.3 is 19.8 Å². The van der Waals surface area contributed by atoms with Crippen LogP contribution in [-0.4, -0.2) is 65.7 Å². The molecule has 0 aromatic heterocycles. The van der Waals surface area contributed by atoms with Crippen LogP contribution in [0.1, 0.15) is 142 Å². The number of aliphatic hydroxyl groups excluding tert-OH is 2. The van der Waals surface area contributed by atoms with Gasteiger partial charge in [0.05, 0.1) is 19.8 Å². The van der Waals surface area contributed by atoms with E-state index in [0.29, 0.717) is 12.8 Å². The van der Waals surface area contributed by atoms with Gasteiger partial charge in [-0.15, -0.1) is 0 Å². The number of carbonyl (C=O) groups excluding carboxylic acids is 2. The summed E-state index contributed by atoms with van der Waals surface area (Å²) in [5.74, 6) is -1.05. The number of phosphoric ester groups is 1. The van der Waals surface area contributed by atoms with Gasteiger partial charge in [-0.3, -0.25) is 18.6 Å². The topological polar surface area (TPSA) is 149 Å². The molecule has 324 valence electrons. The molecular formula is C46H75O10P. The lowest BCUT2D eigenvalue weighted by molar-refractivity contribution is -0.161. The van der Waals surface area contributed by atoms with E-state index < -0.39 is 51.8 Å². The number of carbonyl (C=O) groups is 2. The molecule has 0 saturated carbocycles. The highest BCUT2D eigenvalue weighted by molar-refractivity contribution is 7.47. The van der Waals surface area contributed by atoms with Gasteiger partial charge in [0.1, 0.15) is 12.7 Å². The van der Waals surface area contributed by atoms with E-state index in [1.165, 1.54) is 19.3 Å². The Hall–Kier alpha value is -3.11. The Balaban J connectivity index is 4.49. The number of ether oxygens (including phenoxy) is 2. The van der Waals surface area contributed by atoms with Gasteiger partial charge in [-0.1, -0.05) is 143 Å². The van der Waals surface area contributed by atoms with Crippen LogP contribution in [-0.2, 0) is 32.7 Å². The SMILES string of the molecule is CC/C=C/C/C=C/C/C=C/C/C=C/C/C=C/C/C=C/CCC(=O)O[C@H](COC(=O)CCCCCCC/C=C/C/C=C/CCCCC)COP(=O)(O)OC[C@@H](O)CO. The van der Waals surface area contributed by atoms with Crippen LogP contribution in [0.5, 0.6) is 0 Å². The smallest absolute Gasteiger partial charge is 0.462 e. The molecule has 0 aromatic carbocycles. The first-order chi connectivity index (χ1) is 27.7. The second-order valence-corrected chi connectivity index (χ2v) is 15.1. The van der Waals surface area contributed by atoms with Crippen molar-refractivity contribution in [1.29, 1.82) is 0 Å². The maximum absolute atomic E-state index is 12.6. The molecule has 0 fully saturated rings. The van der Waals surface area contributed by atoms with E-state index in [9.17, 15) is 24.2 Å². The zero-order valence-electron chi connectivity index (χ0n) is 35.0. The molecule has 0 bridgehead atoms. The molecule has 3 N–H and O–H groups in total. The maximum Gasteiger partial charge on any atom is 0.472 e. The summed E-state index contributed by atoms with van der Waals surface area (Å²) in [6.45, 7) is 2.11. The van der Waals surface area contributed by atoms with E-state index in [2.05, 4.69) is 103 Å². The number of hydrogen-bond donors (Lipinski definition) is 3. The maximum atomic E-state index is 12.6. The molecule has 0 amide bonds. The Labute approximate surface area is 344 Å². The highest BCUT2D eigenvalue weighted by Crippen LogP contribution is 2.43. The summed E-state index contributed by atoms with van der Waals surface area (Å²) in [4.78, 5) is 34.9. The summed E-state index contributed by atoms with van der Waals surface area (Å²) in [6, 6.07) is 0. The van der Waals surface area contributed by atoms with Crippen molar-refractivity contribution in [2.24, 2.45) is 0 Å². The summed E-state index contributed by atoms with van der Waals surface area (Å²) in [6.07, 6.45) is 49.6. The first-order valence-corrected chi connectivity index (χ1v) is 22.7. The largest absolute Gasteiger partial charge is 0.472 e. The van der Waals surface area contributed by atoms with E-state index in [-0.39, 0.29) is 19.4 Å². The van der Waals surface area contributed by atoms with Gasteiger partial charge in [-0.05, 0) is 83.5 Å². The van der Waals surface area contributed by atoms with Crippen molar-refractivity contribution in [3.63, 3.8) is 0 Å². The van der Waals surface area contributed by atoms with E-state index in [1.54, 1.807) is 0 Å². The number of hydrogen-bond acceptors (Lipinski definition) is 9. The highest BCUT2D eigenvalue weighted by atomic mass is 31.2. The van der Waals surface area contributed by atoms with Gasteiger partial charge in [-0.2, -0.15) is 0 Å². The van der Waals surface area contributed by atoms with Crippen molar-refractivity contribution in [2.45, 2.75) is 154 Å². The van der Waals surface area contributed by atoms with Gasteiger partial charge < -0.3 is 24.6 Å². The molecule has 0 radical (unpaired) electrons. The molecule has 3 atom stereocenters. The molecule has 0 saturated heterocycles. The van der Waals surface area contributed by atoms with E-state index in [0.717, 1.165) is 83.5 Å². The van der Waals surface area contributed by atoms with Crippen LogP contribution in [0.3, 0.4) is 0 Å². The van der Waals surface area contributed by atoms with E-state index >= 15 is 0 Å². The minimum atomic E-state index is -4.65. The lowest BCUT2D eigenvalue weighted by Crippen LogP contribution is -2.29. The fourth-order valence-corrected chi connectivity index (χ4v) is 5.78. The Morgan fingerprint density at radius 2 is 1.00 bits per heavy atom. The van der Waals surface area contributed by atoms with Crippen LogP contribution in [0.25, 0.3) is 0 Å². The summed E-state index contributed by atoms with van der Waals surface area (Å²) in [5, 5.41) is 18.3. The van der Waals surface area contributed by atoms with Crippen molar-refractivity contribution in [2.75, 3.05) is 26.4 Å². The monoisotopic (exact) mass is 819 g/mol. The number of rotatable bonds is 38. The summed E-state index contributed by atoms with van der Waals surface area (Å²) >= 11 is 0. The number of esters is 2. The second-order valence-electron chi connectivity index (χ2n) is 13.6. The normalized spacial score (nSPS) is 14.8. The second kappa shape index (κ2) is 41.1. The third kappa shape index (κ3) is 40.9. The zero-order valence-corrected chi connectivity index (χ0v) is 35.9. The van der Waals surface area contributed by atoms with Gasteiger partial charge in [0.2, 0.25) is 0 Å². The van der Waals surface area contributed by atoms with Gasteiger partial charge in [-0.25, -0.2) is 4.57 Å². The lowest BCUT2D eigenvalue weighted by Gasteiger charge is -2.20.